The van der Waals surface area contributed by atoms with E-state index in [9.17, 15) is 0 Å². The van der Waals surface area contributed by atoms with Gasteiger partial charge in [-0.2, -0.15) is 0 Å². The molecule has 0 aromatic carbocycles. The second-order valence-electron chi connectivity index (χ2n) is 5.45. The van der Waals surface area contributed by atoms with E-state index >= 15 is 0 Å². The third-order valence-corrected chi connectivity index (χ3v) is 5.06. The van der Waals surface area contributed by atoms with Gasteiger partial charge in [-0.1, -0.05) is 6.92 Å². The van der Waals surface area contributed by atoms with Gasteiger partial charge in [-0.05, 0) is 51.8 Å². The van der Waals surface area contributed by atoms with Crippen molar-refractivity contribution in [3.05, 3.63) is 21.4 Å². The molecule has 2 rings (SSSR count). The third kappa shape index (κ3) is 3.14. The summed E-state index contributed by atoms with van der Waals surface area (Å²) in [5, 5.41) is 3.65. The van der Waals surface area contributed by atoms with E-state index in [4.69, 9.17) is 0 Å². The highest BCUT2D eigenvalue weighted by Gasteiger charge is 2.23. The van der Waals surface area contributed by atoms with Crippen molar-refractivity contribution < 1.29 is 0 Å². The van der Waals surface area contributed by atoms with Gasteiger partial charge in [0.2, 0.25) is 0 Å². The van der Waals surface area contributed by atoms with Crippen molar-refractivity contribution >= 4 is 11.3 Å². The Morgan fingerprint density at radius 2 is 2.28 bits per heavy atom. The lowest BCUT2D eigenvalue weighted by molar-refractivity contribution is 0.205. The van der Waals surface area contributed by atoms with Gasteiger partial charge in [0.25, 0.3) is 0 Å². The molecule has 0 spiro atoms. The van der Waals surface area contributed by atoms with Crippen LogP contribution >= 0.6 is 11.3 Å². The average Bonchev–Trinajstić information content (AvgIpc) is 2.57. The van der Waals surface area contributed by atoms with E-state index in [1.165, 1.54) is 47.8 Å². The zero-order valence-corrected chi connectivity index (χ0v) is 12.9. The Labute approximate surface area is 115 Å². The number of nitrogens with zero attached hydrogens (tertiary/aromatic N) is 1. The van der Waals surface area contributed by atoms with Crippen LogP contribution in [-0.2, 0) is 0 Å². The van der Waals surface area contributed by atoms with Gasteiger partial charge in [-0.15, -0.1) is 11.3 Å². The van der Waals surface area contributed by atoms with E-state index in [2.05, 4.69) is 44.0 Å². The van der Waals surface area contributed by atoms with Crippen LogP contribution in [0.2, 0.25) is 0 Å². The Balaban J connectivity index is 2.11. The highest BCUT2D eigenvalue weighted by molar-refractivity contribution is 7.12. The Bertz CT molecular complexity index is 386. The van der Waals surface area contributed by atoms with Gasteiger partial charge in [0.05, 0.1) is 0 Å². The van der Waals surface area contributed by atoms with Crippen molar-refractivity contribution in [1.29, 1.82) is 0 Å². The van der Waals surface area contributed by atoms with E-state index in [1.54, 1.807) is 0 Å². The molecule has 3 heteroatoms. The number of hydrogen-bond acceptors (Lipinski definition) is 3. The fraction of sp³-hybridized carbons (Fsp3) is 0.733. The molecule has 18 heavy (non-hydrogen) atoms. The molecule has 0 aliphatic carbocycles. The number of thiophene rings is 1. The van der Waals surface area contributed by atoms with Crippen molar-refractivity contribution in [3.8, 4) is 0 Å². The molecule has 1 fully saturated rings. The molecule has 2 unspecified atom stereocenters. The molecule has 2 nitrogen and oxygen atoms in total. The lowest BCUT2D eigenvalue weighted by Crippen LogP contribution is -2.38. The number of nitrogens with one attached hydrogen (secondary N) is 1. The summed E-state index contributed by atoms with van der Waals surface area (Å²) in [6, 6.07) is 3.60. The molecule has 102 valence electrons. The minimum Gasteiger partial charge on any atom is -0.313 e. The predicted octanol–water partition coefficient (Wildman–Crippen LogP) is 3.50. The van der Waals surface area contributed by atoms with E-state index in [0.29, 0.717) is 12.1 Å². The largest absolute Gasteiger partial charge is 0.313 e. The van der Waals surface area contributed by atoms with Crippen molar-refractivity contribution in [1.82, 2.24) is 10.2 Å². The molecule has 1 aliphatic heterocycles. The molecule has 1 aliphatic rings. The highest BCUT2D eigenvalue weighted by Crippen LogP contribution is 2.30. The maximum atomic E-state index is 3.65. The summed E-state index contributed by atoms with van der Waals surface area (Å²) < 4.78 is 0. The van der Waals surface area contributed by atoms with Crippen molar-refractivity contribution in [2.45, 2.75) is 52.6 Å². The van der Waals surface area contributed by atoms with Crippen LogP contribution in [0.1, 0.15) is 48.0 Å². The molecular weight excluding hydrogens is 240 g/mol. The fourth-order valence-electron chi connectivity index (χ4n) is 2.91. The summed E-state index contributed by atoms with van der Waals surface area (Å²) in [6.45, 7) is 12.7. The standard InChI is InChI=1S/C15H26N2S/c1-5-14-10-17(8-6-7-16-14)12(3)15-9-11(2)18-13(15)4/h9,12,14,16H,5-8,10H2,1-4H3. The third-order valence-electron chi connectivity index (χ3n) is 4.08. The minimum absolute atomic E-state index is 0.559. The Morgan fingerprint density at radius 1 is 1.50 bits per heavy atom. The van der Waals surface area contributed by atoms with Crippen LogP contribution in [0.25, 0.3) is 0 Å². The SMILES string of the molecule is CCC1CN(C(C)c2cc(C)sc2C)CCCN1. The summed E-state index contributed by atoms with van der Waals surface area (Å²) in [4.78, 5) is 5.59. The molecular formula is C15H26N2S. The van der Waals surface area contributed by atoms with E-state index < -0.39 is 0 Å². The first kappa shape index (κ1) is 14.0. The van der Waals surface area contributed by atoms with E-state index in [1.807, 2.05) is 11.3 Å². The lowest BCUT2D eigenvalue weighted by atomic mass is 10.1. The molecule has 1 aromatic heterocycles. The summed E-state index contributed by atoms with van der Waals surface area (Å²) in [5.74, 6) is 0. The molecule has 0 amide bonds. The normalized spacial score (nSPS) is 23.9. The van der Waals surface area contributed by atoms with Crippen molar-refractivity contribution in [2.75, 3.05) is 19.6 Å². The van der Waals surface area contributed by atoms with Crippen LogP contribution in [-0.4, -0.2) is 30.6 Å². The quantitative estimate of drug-likeness (QED) is 0.901. The first-order chi connectivity index (χ1) is 8.61. The van der Waals surface area contributed by atoms with Crippen LogP contribution in [0.4, 0.5) is 0 Å². The van der Waals surface area contributed by atoms with E-state index in [0.717, 1.165) is 0 Å². The van der Waals surface area contributed by atoms with Crippen LogP contribution in [0.3, 0.4) is 0 Å². The van der Waals surface area contributed by atoms with E-state index in [-0.39, 0.29) is 0 Å². The van der Waals surface area contributed by atoms with Crippen LogP contribution < -0.4 is 5.32 Å². The zero-order valence-electron chi connectivity index (χ0n) is 12.1. The lowest BCUT2D eigenvalue weighted by Gasteiger charge is -2.30. The molecule has 2 heterocycles. The second-order valence-corrected chi connectivity index (χ2v) is 6.91. The maximum Gasteiger partial charge on any atom is 0.0331 e. The van der Waals surface area contributed by atoms with Crippen LogP contribution in [0.5, 0.6) is 0 Å². The number of rotatable bonds is 3. The molecule has 2 atom stereocenters. The van der Waals surface area contributed by atoms with Gasteiger partial charge in [-0.3, -0.25) is 4.90 Å². The van der Waals surface area contributed by atoms with Gasteiger partial charge in [-0.25, -0.2) is 0 Å². The molecule has 1 saturated heterocycles. The summed E-state index contributed by atoms with van der Waals surface area (Å²) in [6.07, 6.45) is 2.49. The summed E-state index contributed by atoms with van der Waals surface area (Å²) in [7, 11) is 0. The summed E-state index contributed by atoms with van der Waals surface area (Å²) >= 11 is 1.93. The number of aryl methyl sites for hydroxylation is 2. The smallest absolute Gasteiger partial charge is 0.0331 e. The van der Waals surface area contributed by atoms with Gasteiger partial charge in [0.1, 0.15) is 0 Å². The molecule has 0 bridgehead atoms. The monoisotopic (exact) mass is 266 g/mol. The molecule has 0 saturated carbocycles. The Morgan fingerprint density at radius 3 is 2.89 bits per heavy atom. The molecule has 0 radical (unpaired) electrons. The van der Waals surface area contributed by atoms with Crippen molar-refractivity contribution in [2.24, 2.45) is 0 Å². The molecule has 1 aromatic rings. The average molecular weight is 266 g/mol. The fourth-order valence-corrected chi connectivity index (χ4v) is 3.93. The first-order valence-corrected chi connectivity index (χ1v) is 7.97. The number of hydrogen-bond donors (Lipinski definition) is 1. The Hall–Kier alpha value is -0.380. The molecule has 1 N–H and O–H groups in total. The summed E-state index contributed by atoms with van der Waals surface area (Å²) in [5.41, 5.74) is 1.54. The maximum absolute atomic E-state index is 3.65. The van der Waals surface area contributed by atoms with Gasteiger partial charge in [0.15, 0.2) is 0 Å². The zero-order chi connectivity index (χ0) is 13.1. The first-order valence-electron chi connectivity index (χ1n) is 7.16. The van der Waals surface area contributed by atoms with Gasteiger partial charge < -0.3 is 5.32 Å². The highest BCUT2D eigenvalue weighted by atomic mass is 32.1. The topological polar surface area (TPSA) is 15.3 Å². The van der Waals surface area contributed by atoms with Gasteiger partial charge >= 0.3 is 0 Å². The van der Waals surface area contributed by atoms with Crippen molar-refractivity contribution in [3.63, 3.8) is 0 Å². The van der Waals surface area contributed by atoms with Crippen LogP contribution in [0.15, 0.2) is 6.07 Å². The van der Waals surface area contributed by atoms with Gasteiger partial charge in [0, 0.05) is 34.9 Å². The Kier molecular flexibility index (Phi) is 4.82. The second kappa shape index (κ2) is 6.18. The minimum atomic E-state index is 0.559. The van der Waals surface area contributed by atoms with Crippen LogP contribution in [0, 0.1) is 13.8 Å². The predicted molar refractivity (Wildman–Crippen MR) is 80.5 cm³/mol.